The fourth-order valence-corrected chi connectivity index (χ4v) is 2.53. The number of hydrogen-bond donors (Lipinski definition) is 1. The molecule has 0 saturated heterocycles. The summed E-state index contributed by atoms with van der Waals surface area (Å²) in [5.74, 6) is -0.265. The highest BCUT2D eigenvalue weighted by Gasteiger charge is 2.17. The summed E-state index contributed by atoms with van der Waals surface area (Å²) in [7, 11) is 4.18. The van der Waals surface area contributed by atoms with Crippen LogP contribution in [0, 0.1) is 0 Å². The van der Waals surface area contributed by atoms with E-state index < -0.39 is 5.97 Å². The lowest BCUT2D eigenvalue weighted by molar-refractivity contribution is -0.140. The van der Waals surface area contributed by atoms with Crippen molar-refractivity contribution in [2.24, 2.45) is 0 Å². The molecular weight excluding hydrogens is 348 g/mol. The maximum absolute atomic E-state index is 12.3. The second-order valence-electron chi connectivity index (χ2n) is 5.75. The summed E-state index contributed by atoms with van der Waals surface area (Å²) in [6.07, 6.45) is 2.26. The molecule has 0 atom stereocenters. The Balaban J connectivity index is 2.41. The third-order valence-electron chi connectivity index (χ3n) is 4.03. The van der Waals surface area contributed by atoms with E-state index >= 15 is 0 Å². The smallest absolute Gasteiger partial charge is 0.338 e. The van der Waals surface area contributed by atoms with Gasteiger partial charge in [-0.25, -0.2) is 4.79 Å². The van der Waals surface area contributed by atoms with Crippen molar-refractivity contribution in [3.8, 4) is 11.5 Å². The summed E-state index contributed by atoms with van der Waals surface area (Å²) >= 11 is 0. The molecule has 6 nitrogen and oxygen atoms in total. The predicted octanol–water partition coefficient (Wildman–Crippen LogP) is 3.22. The number of aryl methyl sites for hydroxylation is 1. The van der Waals surface area contributed by atoms with Crippen molar-refractivity contribution in [3.05, 3.63) is 59.2 Å². The van der Waals surface area contributed by atoms with Crippen LogP contribution in [0.1, 0.15) is 23.1 Å². The Morgan fingerprint density at radius 2 is 1.70 bits per heavy atom. The van der Waals surface area contributed by atoms with Crippen LogP contribution in [0.5, 0.6) is 11.5 Å². The highest BCUT2D eigenvalue weighted by atomic mass is 16.5. The molecular formula is C21H22O6. The highest BCUT2D eigenvalue weighted by Crippen LogP contribution is 2.30. The van der Waals surface area contributed by atoms with Crippen molar-refractivity contribution in [2.75, 3.05) is 21.3 Å². The van der Waals surface area contributed by atoms with Crippen molar-refractivity contribution < 1.29 is 28.9 Å². The molecule has 0 fully saturated rings. The average Bonchev–Trinajstić information content (AvgIpc) is 2.71. The van der Waals surface area contributed by atoms with Gasteiger partial charge in [-0.1, -0.05) is 18.2 Å². The monoisotopic (exact) mass is 370 g/mol. The second kappa shape index (κ2) is 9.43. The van der Waals surface area contributed by atoms with Crippen molar-refractivity contribution in [1.82, 2.24) is 0 Å². The molecule has 0 amide bonds. The third-order valence-corrected chi connectivity index (χ3v) is 4.03. The van der Waals surface area contributed by atoms with Crippen LogP contribution in [0.25, 0.3) is 11.6 Å². The van der Waals surface area contributed by atoms with Gasteiger partial charge in [0.05, 0.1) is 26.9 Å². The molecule has 0 bridgehead atoms. The number of hydrogen-bond acceptors (Lipinski definition) is 6. The van der Waals surface area contributed by atoms with Crippen molar-refractivity contribution in [1.29, 1.82) is 0 Å². The molecule has 0 aliphatic rings. The van der Waals surface area contributed by atoms with Gasteiger partial charge in [0.1, 0.15) is 11.5 Å². The standard InChI is InChI=1S/C21H22O6/c1-25-16-8-4-14(5-9-16)13-18(21(24)27-3)17-12-15(6-10-19(17)22)7-11-20(23)26-2/h4-6,8-10,12-13,22H,7,11H2,1-3H3. The van der Waals surface area contributed by atoms with Crippen LogP contribution in [-0.4, -0.2) is 38.4 Å². The molecule has 2 rings (SSSR count). The van der Waals surface area contributed by atoms with E-state index in [9.17, 15) is 14.7 Å². The zero-order valence-corrected chi connectivity index (χ0v) is 15.5. The third kappa shape index (κ3) is 5.34. The number of rotatable bonds is 7. The lowest BCUT2D eigenvalue weighted by atomic mass is 9.98. The molecule has 0 radical (unpaired) electrons. The van der Waals surface area contributed by atoms with Crippen LogP contribution in [0.2, 0.25) is 0 Å². The first kappa shape index (κ1) is 20.0. The first-order valence-electron chi connectivity index (χ1n) is 8.31. The number of carbonyl (C=O) groups is 2. The van der Waals surface area contributed by atoms with Crippen LogP contribution >= 0.6 is 0 Å². The molecule has 0 unspecified atom stereocenters. The Kier molecular flexibility index (Phi) is 7.00. The van der Waals surface area contributed by atoms with Gasteiger partial charge in [0, 0.05) is 12.0 Å². The van der Waals surface area contributed by atoms with E-state index in [0.717, 1.165) is 11.1 Å². The summed E-state index contributed by atoms with van der Waals surface area (Å²) < 4.78 is 14.6. The number of phenolic OH excluding ortho intramolecular Hbond substituents is 1. The van der Waals surface area contributed by atoms with E-state index in [2.05, 4.69) is 4.74 Å². The average molecular weight is 370 g/mol. The lowest BCUT2D eigenvalue weighted by Crippen LogP contribution is -2.06. The number of methoxy groups -OCH3 is 3. The minimum atomic E-state index is -0.578. The molecule has 0 spiro atoms. The Morgan fingerprint density at radius 1 is 1.00 bits per heavy atom. The maximum Gasteiger partial charge on any atom is 0.338 e. The number of aromatic hydroxyl groups is 1. The molecule has 2 aromatic carbocycles. The molecule has 0 saturated carbocycles. The van der Waals surface area contributed by atoms with Crippen LogP contribution in [0.3, 0.4) is 0 Å². The van der Waals surface area contributed by atoms with Crippen molar-refractivity contribution in [2.45, 2.75) is 12.8 Å². The largest absolute Gasteiger partial charge is 0.507 e. The quantitative estimate of drug-likeness (QED) is 0.458. The van der Waals surface area contributed by atoms with Crippen LogP contribution in [-0.2, 0) is 25.5 Å². The molecule has 6 heteroatoms. The zero-order valence-electron chi connectivity index (χ0n) is 15.5. The SMILES string of the molecule is COC(=O)CCc1ccc(O)c(C(=Cc2ccc(OC)cc2)C(=O)OC)c1. The van der Waals surface area contributed by atoms with E-state index in [-0.39, 0.29) is 23.7 Å². The summed E-state index contributed by atoms with van der Waals surface area (Å²) in [5, 5.41) is 10.3. The first-order valence-corrected chi connectivity index (χ1v) is 8.31. The van der Waals surface area contributed by atoms with Gasteiger partial charge in [0.25, 0.3) is 0 Å². The van der Waals surface area contributed by atoms with Gasteiger partial charge in [-0.15, -0.1) is 0 Å². The van der Waals surface area contributed by atoms with Gasteiger partial charge in [-0.2, -0.15) is 0 Å². The van der Waals surface area contributed by atoms with Crippen LogP contribution in [0.4, 0.5) is 0 Å². The Labute approximate surface area is 158 Å². The topological polar surface area (TPSA) is 82.1 Å². The molecule has 0 aromatic heterocycles. The van der Waals surface area contributed by atoms with Gasteiger partial charge in [0.15, 0.2) is 0 Å². The van der Waals surface area contributed by atoms with Crippen LogP contribution < -0.4 is 4.74 Å². The van der Waals surface area contributed by atoms with Crippen molar-refractivity contribution >= 4 is 23.6 Å². The predicted molar refractivity (Wildman–Crippen MR) is 101 cm³/mol. The van der Waals surface area contributed by atoms with Crippen LogP contribution in [0.15, 0.2) is 42.5 Å². The van der Waals surface area contributed by atoms with E-state index in [0.29, 0.717) is 17.7 Å². The maximum atomic E-state index is 12.3. The van der Waals surface area contributed by atoms with Crippen molar-refractivity contribution in [3.63, 3.8) is 0 Å². The number of esters is 2. The molecule has 0 heterocycles. The summed E-state index contributed by atoms with van der Waals surface area (Å²) in [6.45, 7) is 0. The molecule has 2 aromatic rings. The number of carbonyl (C=O) groups excluding carboxylic acids is 2. The van der Waals surface area contributed by atoms with E-state index in [1.807, 2.05) is 0 Å². The summed E-state index contributed by atoms with van der Waals surface area (Å²) in [6, 6.07) is 12.0. The normalized spacial score (nSPS) is 11.0. The van der Waals surface area contributed by atoms with Gasteiger partial charge in [0.2, 0.25) is 0 Å². The van der Waals surface area contributed by atoms with Gasteiger partial charge in [-0.05, 0) is 47.9 Å². The van der Waals surface area contributed by atoms with E-state index in [1.165, 1.54) is 20.3 Å². The zero-order chi connectivity index (χ0) is 19.8. The molecule has 27 heavy (non-hydrogen) atoms. The molecule has 1 N–H and O–H groups in total. The molecule has 0 aliphatic heterocycles. The number of benzene rings is 2. The van der Waals surface area contributed by atoms with Gasteiger partial charge < -0.3 is 19.3 Å². The van der Waals surface area contributed by atoms with E-state index in [4.69, 9.17) is 9.47 Å². The molecule has 142 valence electrons. The van der Waals surface area contributed by atoms with Gasteiger partial charge in [-0.3, -0.25) is 4.79 Å². The molecule has 0 aliphatic carbocycles. The fourth-order valence-electron chi connectivity index (χ4n) is 2.53. The Hall–Kier alpha value is -3.28. The number of phenols is 1. The second-order valence-corrected chi connectivity index (χ2v) is 5.75. The van der Waals surface area contributed by atoms with Gasteiger partial charge >= 0.3 is 11.9 Å². The Morgan fingerprint density at radius 3 is 2.30 bits per heavy atom. The summed E-state index contributed by atoms with van der Waals surface area (Å²) in [4.78, 5) is 23.7. The van der Waals surface area contributed by atoms with E-state index in [1.54, 1.807) is 49.6 Å². The number of ether oxygens (including phenoxy) is 3. The highest BCUT2D eigenvalue weighted by molar-refractivity contribution is 6.22. The lowest BCUT2D eigenvalue weighted by Gasteiger charge is -2.11. The Bertz CT molecular complexity index is 836. The minimum Gasteiger partial charge on any atom is -0.507 e. The minimum absolute atomic E-state index is 0.0537. The fraction of sp³-hybridized carbons (Fsp3) is 0.238. The summed E-state index contributed by atoms with van der Waals surface area (Å²) in [5.41, 5.74) is 2.08. The first-order chi connectivity index (χ1) is 13.0.